The third kappa shape index (κ3) is 3.37. The van der Waals surface area contributed by atoms with Gasteiger partial charge in [-0.2, -0.15) is 11.3 Å². The zero-order valence-electron chi connectivity index (χ0n) is 11.4. The molecule has 108 valence electrons. The monoisotopic (exact) mass is 318 g/mol. The second kappa shape index (κ2) is 6.19. The fraction of sp³-hybridized carbons (Fsp3) is 0.214. The number of nitrogens with zero attached hydrogens (tertiary/aromatic N) is 3. The molecule has 0 aliphatic heterocycles. The van der Waals surface area contributed by atoms with Crippen molar-refractivity contribution < 1.29 is 4.79 Å². The zero-order chi connectivity index (χ0) is 14.7. The summed E-state index contributed by atoms with van der Waals surface area (Å²) in [5, 5.41) is 9.66. The fourth-order valence-corrected chi connectivity index (χ4v) is 3.46. The van der Waals surface area contributed by atoms with E-state index >= 15 is 0 Å². The molecule has 0 bridgehead atoms. The van der Waals surface area contributed by atoms with Crippen molar-refractivity contribution in [2.75, 3.05) is 0 Å². The summed E-state index contributed by atoms with van der Waals surface area (Å²) in [4.78, 5) is 20.6. The Morgan fingerprint density at radius 3 is 3.10 bits per heavy atom. The van der Waals surface area contributed by atoms with E-state index in [1.54, 1.807) is 29.2 Å². The Kier molecular flexibility index (Phi) is 4.12. The molecule has 1 unspecified atom stereocenters. The van der Waals surface area contributed by atoms with Crippen LogP contribution in [-0.2, 0) is 6.54 Å². The highest BCUT2D eigenvalue weighted by atomic mass is 32.1. The first-order chi connectivity index (χ1) is 10.2. The van der Waals surface area contributed by atoms with Gasteiger partial charge in [-0.05, 0) is 18.4 Å². The third-order valence-corrected chi connectivity index (χ3v) is 4.50. The van der Waals surface area contributed by atoms with Gasteiger partial charge in [0, 0.05) is 41.3 Å². The molecule has 1 N–H and O–H groups in total. The summed E-state index contributed by atoms with van der Waals surface area (Å²) in [6.07, 6.45) is 5.34. The minimum absolute atomic E-state index is 0.0120. The maximum absolute atomic E-state index is 12.2. The molecule has 0 fully saturated rings. The molecular formula is C14H14N4OS2. The van der Waals surface area contributed by atoms with Crippen LogP contribution in [0.2, 0.25) is 0 Å². The molecule has 1 amide bonds. The van der Waals surface area contributed by atoms with Crippen molar-refractivity contribution in [3.8, 4) is 10.6 Å². The van der Waals surface area contributed by atoms with Crippen molar-refractivity contribution in [1.29, 1.82) is 0 Å². The summed E-state index contributed by atoms with van der Waals surface area (Å²) < 4.78 is 1.93. The summed E-state index contributed by atoms with van der Waals surface area (Å²) in [5.74, 6) is -0.139. The van der Waals surface area contributed by atoms with Crippen LogP contribution in [0, 0.1) is 0 Å². The van der Waals surface area contributed by atoms with Crippen LogP contribution >= 0.6 is 22.7 Å². The van der Waals surface area contributed by atoms with Crippen LogP contribution in [0.25, 0.3) is 10.6 Å². The maximum Gasteiger partial charge on any atom is 0.271 e. The van der Waals surface area contributed by atoms with Crippen LogP contribution in [0.1, 0.15) is 17.4 Å². The Morgan fingerprint density at radius 2 is 2.38 bits per heavy atom. The van der Waals surface area contributed by atoms with Gasteiger partial charge in [0.1, 0.15) is 10.7 Å². The van der Waals surface area contributed by atoms with Crippen molar-refractivity contribution in [2.45, 2.75) is 19.5 Å². The van der Waals surface area contributed by atoms with E-state index in [-0.39, 0.29) is 11.9 Å². The van der Waals surface area contributed by atoms with Crippen LogP contribution in [-0.4, -0.2) is 26.5 Å². The fourth-order valence-electron chi connectivity index (χ4n) is 1.95. The number of carbonyl (C=O) groups is 1. The van der Waals surface area contributed by atoms with Gasteiger partial charge in [0.05, 0.1) is 6.33 Å². The molecule has 3 aromatic heterocycles. The second-order valence-corrected chi connectivity index (χ2v) is 6.32. The molecule has 0 aliphatic carbocycles. The molecule has 21 heavy (non-hydrogen) atoms. The van der Waals surface area contributed by atoms with Gasteiger partial charge in [0.25, 0.3) is 5.91 Å². The lowest BCUT2D eigenvalue weighted by molar-refractivity contribution is 0.0932. The first-order valence-electron chi connectivity index (χ1n) is 6.47. The van der Waals surface area contributed by atoms with E-state index < -0.39 is 0 Å². The second-order valence-electron chi connectivity index (χ2n) is 4.68. The van der Waals surface area contributed by atoms with E-state index in [2.05, 4.69) is 15.3 Å². The average Bonchev–Trinajstić information content (AvgIpc) is 3.20. The molecule has 0 spiro atoms. The van der Waals surface area contributed by atoms with E-state index in [9.17, 15) is 4.79 Å². The Morgan fingerprint density at radius 1 is 1.48 bits per heavy atom. The third-order valence-electron chi connectivity index (χ3n) is 2.93. The molecule has 0 aromatic carbocycles. The van der Waals surface area contributed by atoms with Gasteiger partial charge in [-0.3, -0.25) is 4.79 Å². The molecule has 3 heterocycles. The topological polar surface area (TPSA) is 59.8 Å². The molecule has 7 heteroatoms. The average molecular weight is 318 g/mol. The molecule has 0 saturated carbocycles. The van der Waals surface area contributed by atoms with Crippen molar-refractivity contribution in [1.82, 2.24) is 19.9 Å². The van der Waals surface area contributed by atoms with Crippen molar-refractivity contribution in [3.05, 3.63) is 46.6 Å². The van der Waals surface area contributed by atoms with Crippen LogP contribution in [0.15, 0.2) is 40.9 Å². The molecule has 0 radical (unpaired) electrons. The van der Waals surface area contributed by atoms with E-state index in [0.29, 0.717) is 12.2 Å². The van der Waals surface area contributed by atoms with Gasteiger partial charge >= 0.3 is 0 Å². The van der Waals surface area contributed by atoms with Crippen LogP contribution in [0.3, 0.4) is 0 Å². The predicted molar refractivity (Wildman–Crippen MR) is 84.6 cm³/mol. The molecule has 0 saturated heterocycles. The maximum atomic E-state index is 12.2. The van der Waals surface area contributed by atoms with Gasteiger partial charge in [-0.15, -0.1) is 11.3 Å². The minimum Gasteiger partial charge on any atom is -0.346 e. The van der Waals surface area contributed by atoms with Gasteiger partial charge in [-0.1, -0.05) is 0 Å². The Hall–Kier alpha value is -1.99. The summed E-state index contributed by atoms with van der Waals surface area (Å²) in [6, 6.07) is 2.02. The standard InChI is InChI=1S/C14H14N4OS2/c1-10(6-18-4-3-15-9-18)16-13(19)12-8-21-14(17-12)11-2-5-20-7-11/h2-5,7-10H,6H2,1H3,(H,16,19). The number of hydrogen-bond acceptors (Lipinski definition) is 5. The Bertz CT molecular complexity index is 703. The summed E-state index contributed by atoms with van der Waals surface area (Å²) in [6.45, 7) is 2.65. The van der Waals surface area contributed by atoms with E-state index in [1.165, 1.54) is 11.3 Å². The van der Waals surface area contributed by atoms with Gasteiger partial charge in [-0.25, -0.2) is 9.97 Å². The normalized spacial score (nSPS) is 12.2. The van der Waals surface area contributed by atoms with Crippen LogP contribution < -0.4 is 5.32 Å². The highest BCUT2D eigenvalue weighted by Crippen LogP contribution is 2.25. The number of imidazole rings is 1. The highest BCUT2D eigenvalue weighted by molar-refractivity contribution is 7.14. The lowest BCUT2D eigenvalue weighted by Gasteiger charge is -2.13. The van der Waals surface area contributed by atoms with Crippen molar-refractivity contribution in [2.24, 2.45) is 0 Å². The van der Waals surface area contributed by atoms with Crippen LogP contribution in [0.5, 0.6) is 0 Å². The summed E-state index contributed by atoms with van der Waals surface area (Å²) in [7, 11) is 0. The number of amides is 1. The van der Waals surface area contributed by atoms with Crippen molar-refractivity contribution >= 4 is 28.6 Å². The number of nitrogens with one attached hydrogen (secondary N) is 1. The lowest BCUT2D eigenvalue weighted by Crippen LogP contribution is -2.35. The predicted octanol–water partition coefficient (Wildman–Crippen LogP) is 2.89. The first-order valence-corrected chi connectivity index (χ1v) is 8.29. The zero-order valence-corrected chi connectivity index (χ0v) is 13.0. The molecule has 5 nitrogen and oxygen atoms in total. The quantitative estimate of drug-likeness (QED) is 0.787. The molecule has 0 aliphatic rings. The van der Waals surface area contributed by atoms with Crippen LogP contribution in [0.4, 0.5) is 0 Å². The number of carbonyl (C=O) groups excluding carboxylic acids is 1. The molecule has 3 aromatic rings. The molecule has 1 atom stereocenters. The number of aromatic nitrogens is 3. The number of thiazole rings is 1. The number of hydrogen-bond donors (Lipinski definition) is 1. The van der Waals surface area contributed by atoms with E-state index in [1.807, 2.05) is 34.5 Å². The smallest absolute Gasteiger partial charge is 0.271 e. The number of rotatable bonds is 5. The minimum atomic E-state index is -0.139. The SMILES string of the molecule is CC(Cn1ccnc1)NC(=O)c1csc(-c2ccsc2)n1. The van der Waals surface area contributed by atoms with E-state index in [4.69, 9.17) is 0 Å². The van der Waals surface area contributed by atoms with E-state index in [0.717, 1.165) is 10.6 Å². The Labute approximate surface area is 130 Å². The lowest BCUT2D eigenvalue weighted by atomic mass is 10.3. The largest absolute Gasteiger partial charge is 0.346 e. The Balaban J connectivity index is 1.63. The number of thiophene rings is 1. The van der Waals surface area contributed by atoms with Gasteiger partial charge in [0.2, 0.25) is 0 Å². The highest BCUT2D eigenvalue weighted by Gasteiger charge is 2.14. The molecular weight excluding hydrogens is 304 g/mol. The molecule has 3 rings (SSSR count). The summed E-state index contributed by atoms with van der Waals surface area (Å²) >= 11 is 3.11. The van der Waals surface area contributed by atoms with Gasteiger partial charge < -0.3 is 9.88 Å². The first kappa shape index (κ1) is 14.0. The van der Waals surface area contributed by atoms with Crippen molar-refractivity contribution in [3.63, 3.8) is 0 Å². The van der Waals surface area contributed by atoms with Gasteiger partial charge in [0.15, 0.2) is 0 Å². The summed E-state index contributed by atoms with van der Waals surface area (Å²) in [5.41, 5.74) is 1.54.